The van der Waals surface area contributed by atoms with Crippen LogP contribution in [0.3, 0.4) is 0 Å². The summed E-state index contributed by atoms with van der Waals surface area (Å²) in [6.07, 6.45) is 4.92. The van der Waals surface area contributed by atoms with E-state index in [0.717, 1.165) is 32.9 Å². The molecule has 0 spiro atoms. The Morgan fingerprint density at radius 1 is 1.33 bits per heavy atom. The average molecular weight is 378 g/mol. The van der Waals surface area contributed by atoms with Crippen LogP contribution in [0.2, 0.25) is 6.32 Å². The Bertz CT molecular complexity index is 564. The topological polar surface area (TPSA) is 108 Å². The minimum atomic E-state index is -0.590. The molecule has 2 aliphatic heterocycles. The fourth-order valence-electron chi connectivity index (χ4n) is 3.86. The minimum absolute atomic E-state index is 0.0884. The van der Waals surface area contributed by atoms with Crippen LogP contribution in [0.4, 0.5) is 0 Å². The van der Waals surface area contributed by atoms with E-state index in [0.29, 0.717) is 31.8 Å². The van der Waals surface area contributed by atoms with Crippen molar-refractivity contribution in [2.75, 3.05) is 19.6 Å². The highest BCUT2D eigenvalue weighted by Gasteiger charge is 2.31. The zero-order valence-electron chi connectivity index (χ0n) is 16.4. The van der Waals surface area contributed by atoms with Gasteiger partial charge in [-0.3, -0.25) is 19.7 Å². The van der Waals surface area contributed by atoms with Crippen LogP contribution in [0.5, 0.6) is 0 Å². The zero-order valence-corrected chi connectivity index (χ0v) is 16.4. The van der Waals surface area contributed by atoms with Gasteiger partial charge in [0.1, 0.15) is 13.1 Å². The van der Waals surface area contributed by atoms with Crippen LogP contribution in [-0.2, 0) is 19.2 Å². The van der Waals surface area contributed by atoms with Crippen molar-refractivity contribution in [2.45, 2.75) is 64.4 Å². The number of hydrogen-bond donors (Lipinski definition) is 3. The van der Waals surface area contributed by atoms with Crippen molar-refractivity contribution in [3.8, 4) is 0 Å². The third-order valence-corrected chi connectivity index (χ3v) is 5.47. The van der Waals surface area contributed by atoms with Gasteiger partial charge in [-0.25, -0.2) is 0 Å². The van der Waals surface area contributed by atoms with Crippen molar-refractivity contribution in [1.82, 2.24) is 20.9 Å². The summed E-state index contributed by atoms with van der Waals surface area (Å²) in [5, 5.41) is 8.67. The molecule has 2 rings (SSSR count). The second-order valence-corrected chi connectivity index (χ2v) is 7.59. The number of rotatable bonds is 9. The standard InChI is InChI=1S/C18H31BN4O4/c1-3-15(23-9-8-20-17(26)18(23)27)21-11-16(25)22-14-7-6-13(10-19-14)5-4-12(2)24/h13-15,19,21H,3-11H2,1-2H3,(H,20,26)(H,22,25). The molecule has 2 aliphatic rings. The largest absolute Gasteiger partial charge is 0.360 e. The molecule has 2 heterocycles. The summed E-state index contributed by atoms with van der Waals surface area (Å²) >= 11 is 0. The summed E-state index contributed by atoms with van der Waals surface area (Å²) in [4.78, 5) is 48.3. The van der Waals surface area contributed by atoms with Gasteiger partial charge in [0.15, 0.2) is 0 Å². The van der Waals surface area contributed by atoms with Crippen molar-refractivity contribution < 1.29 is 19.2 Å². The highest BCUT2D eigenvalue weighted by Crippen LogP contribution is 2.24. The summed E-state index contributed by atoms with van der Waals surface area (Å²) in [5.41, 5.74) is 0. The molecule has 8 nitrogen and oxygen atoms in total. The summed E-state index contributed by atoms with van der Waals surface area (Å²) in [6, 6.07) is 0. The number of carbonyl (C=O) groups is 4. The van der Waals surface area contributed by atoms with E-state index in [9.17, 15) is 19.2 Å². The predicted molar refractivity (Wildman–Crippen MR) is 103 cm³/mol. The van der Waals surface area contributed by atoms with E-state index >= 15 is 0 Å². The molecule has 2 fully saturated rings. The molecule has 0 bridgehead atoms. The highest BCUT2D eigenvalue weighted by molar-refractivity contribution is 6.38. The number of hydrogen-bond acceptors (Lipinski definition) is 5. The maximum Gasteiger partial charge on any atom is 0.313 e. The van der Waals surface area contributed by atoms with Crippen LogP contribution < -0.4 is 16.0 Å². The zero-order chi connectivity index (χ0) is 19.8. The van der Waals surface area contributed by atoms with Gasteiger partial charge in [-0.15, -0.1) is 0 Å². The molecule has 0 aliphatic carbocycles. The van der Waals surface area contributed by atoms with Gasteiger partial charge in [0, 0.05) is 25.5 Å². The summed E-state index contributed by atoms with van der Waals surface area (Å²) in [5.74, 6) is -0.227. The Morgan fingerprint density at radius 3 is 2.74 bits per heavy atom. The van der Waals surface area contributed by atoms with Gasteiger partial charge in [0.05, 0.1) is 12.7 Å². The third-order valence-electron chi connectivity index (χ3n) is 5.47. The monoisotopic (exact) mass is 378 g/mol. The second kappa shape index (κ2) is 10.4. The van der Waals surface area contributed by atoms with Crippen LogP contribution in [0, 0.1) is 5.92 Å². The number of nitrogens with one attached hydrogen (secondary N) is 3. The van der Waals surface area contributed by atoms with Crippen molar-refractivity contribution in [3.05, 3.63) is 0 Å². The Balaban J connectivity index is 1.70. The first-order valence-electron chi connectivity index (χ1n) is 10.0. The average Bonchev–Trinajstić information content (AvgIpc) is 2.64. The molecule has 3 N–H and O–H groups in total. The molecular formula is C18H31BN4O4. The lowest BCUT2D eigenvalue weighted by Crippen LogP contribution is -2.60. The Hall–Kier alpha value is -1.90. The second-order valence-electron chi connectivity index (χ2n) is 7.59. The Morgan fingerprint density at radius 2 is 2.11 bits per heavy atom. The molecule has 2 saturated heterocycles. The van der Waals surface area contributed by atoms with Crippen molar-refractivity contribution in [1.29, 1.82) is 0 Å². The number of piperazine rings is 1. The van der Waals surface area contributed by atoms with Crippen LogP contribution in [0.15, 0.2) is 0 Å². The predicted octanol–water partition coefficient (Wildman–Crippen LogP) is -0.653. The minimum Gasteiger partial charge on any atom is -0.360 e. The lowest BCUT2D eigenvalue weighted by atomic mass is 9.56. The molecule has 0 aromatic carbocycles. The maximum absolute atomic E-state index is 12.3. The van der Waals surface area contributed by atoms with E-state index in [2.05, 4.69) is 16.0 Å². The summed E-state index contributed by atoms with van der Waals surface area (Å²) in [7, 11) is 0.941. The van der Waals surface area contributed by atoms with Crippen molar-refractivity contribution in [3.63, 3.8) is 0 Å². The van der Waals surface area contributed by atoms with Crippen molar-refractivity contribution >= 4 is 30.8 Å². The number of nitrogens with zero attached hydrogens (tertiary/aromatic N) is 1. The van der Waals surface area contributed by atoms with Crippen LogP contribution in [0.1, 0.15) is 46.0 Å². The van der Waals surface area contributed by atoms with Crippen LogP contribution >= 0.6 is 0 Å². The molecule has 0 aromatic heterocycles. The van der Waals surface area contributed by atoms with Gasteiger partial charge in [-0.05, 0) is 38.5 Å². The number of amides is 3. The lowest BCUT2D eigenvalue weighted by Gasteiger charge is -2.34. The lowest BCUT2D eigenvalue weighted by molar-refractivity contribution is -0.150. The van der Waals surface area contributed by atoms with Crippen molar-refractivity contribution in [2.24, 2.45) is 5.92 Å². The fraction of sp³-hybridized carbons (Fsp3) is 0.778. The summed E-state index contributed by atoms with van der Waals surface area (Å²) in [6.45, 7) is 4.54. The van der Waals surface area contributed by atoms with Gasteiger partial charge >= 0.3 is 11.8 Å². The maximum atomic E-state index is 12.3. The fourth-order valence-corrected chi connectivity index (χ4v) is 3.86. The molecule has 0 aromatic rings. The van der Waals surface area contributed by atoms with E-state index in [-0.39, 0.29) is 30.3 Å². The van der Waals surface area contributed by atoms with Crippen LogP contribution in [-0.4, -0.2) is 67.4 Å². The molecule has 3 amide bonds. The van der Waals surface area contributed by atoms with E-state index in [1.165, 1.54) is 4.90 Å². The number of Topliss-reactive ketones (excluding diaryl/α,β-unsaturated/α-hetero) is 1. The first-order chi connectivity index (χ1) is 12.9. The molecule has 0 saturated carbocycles. The van der Waals surface area contributed by atoms with Gasteiger partial charge in [-0.2, -0.15) is 0 Å². The SMILES string of the molecule is CCC(NCC(=O)NC1BCC(CCC(C)=O)CC1)N1CCNC(=O)C1=O. The molecule has 3 atom stereocenters. The van der Waals surface area contributed by atoms with Gasteiger partial charge < -0.3 is 20.3 Å². The van der Waals surface area contributed by atoms with E-state index in [1.54, 1.807) is 6.92 Å². The van der Waals surface area contributed by atoms with Gasteiger partial charge in [0.25, 0.3) is 0 Å². The first kappa shape index (κ1) is 21.4. The van der Waals surface area contributed by atoms with E-state index in [1.807, 2.05) is 6.92 Å². The van der Waals surface area contributed by atoms with Gasteiger partial charge in [-0.1, -0.05) is 13.2 Å². The molecule has 27 heavy (non-hydrogen) atoms. The Kier molecular flexibility index (Phi) is 8.28. The quantitative estimate of drug-likeness (QED) is 0.365. The van der Waals surface area contributed by atoms with E-state index < -0.39 is 11.8 Å². The summed E-state index contributed by atoms with van der Waals surface area (Å²) < 4.78 is 0. The highest BCUT2D eigenvalue weighted by atomic mass is 16.2. The number of ketones is 1. The molecular weight excluding hydrogens is 347 g/mol. The molecule has 3 unspecified atom stereocenters. The van der Waals surface area contributed by atoms with Crippen LogP contribution in [0.25, 0.3) is 0 Å². The molecule has 9 heteroatoms. The Labute approximate surface area is 161 Å². The van der Waals surface area contributed by atoms with Gasteiger partial charge in [0.2, 0.25) is 5.91 Å². The third kappa shape index (κ3) is 6.64. The normalized spacial score (nSPS) is 24.0. The molecule has 150 valence electrons. The van der Waals surface area contributed by atoms with E-state index in [4.69, 9.17) is 0 Å². The first-order valence-corrected chi connectivity index (χ1v) is 10.0. The molecule has 0 radical (unpaired) electrons. The smallest absolute Gasteiger partial charge is 0.313 e. The number of carbonyl (C=O) groups excluding carboxylic acids is 4.